The van der Waals surface area contributed by atoms with Gasteiger partial charge in [-0.2, -0.15) is 0 Å². The van der Waals surface area contributed by atoms with Gasteiger partial charge in [0.1, 0.15) is 0 Å². The number of rotatable bonds is 3. The molecule has 2 heterocycles. The van der Waals surface area contributed by atoms with Crippen LogP contribution in [0.1, 0.15) is 6.92 Å². The molecular formula is C12H20N4O4. The Balaban J connectivity index is 1.75. The van der Waals surface area contributed by atoms with Crippen LogP contribution in [0.5, 0.6) is 0 Å². The lowest BCUT2D eigenvalue weighted by Crippen LogP contribution is -2.52. The van der Waals surface area contributed by atoms with Gasteiger partial charge in [0.15, 0.2) is 0 Å². The Bertz CT molecular complexity index is 393. The van der Waals surface area contributed by atoms with Crippen molar-refractivity contribution in [2.75, 3.05) is 52.4 Å². The van der Waals surface area contributed by atoms with Crippen LogP contribution in [0.3, 0.4) is 0 Å². The molecule has 2 aliphatic rings. The van der Waals surface area contributed by atoms with Crippen molar-refractivity contribution in [1.29, 1.82) is 0 Å². The van der Waals surface area contributed by atoms with Gasteiger partial charge in [-0.1, -0.05) is 0 Å². The molecule has 2 fully saturated rings. The van der Waals surface area contributed by atoms with Crippen LogP contribution in [0.2, 0.25) is 0 Å². The van der Waals surface area contributed by atoms with Crippen molar-refractivity contribution in [3.05, 3.63) is 0 Å². The molecule has 0 spiro atoms. The Kier molecular flexibility index (Phi) is 4.78. The number of nitrogens with one attached hydrogen (secondary N) is 1. The number of nitrogens with zero attached hydrogens (tertiary/aromatic N) is 3. The second kappa shape index (κ2) is 6.56. The lowest BCUT2D eigenvalue weighted by atomic mass is 10.3. The minimum Gasteiger partial charge on any atom is -0.450 e. The van der Waals surface area contributed by atoms with Crippen molar-refractivity contribution < 1.29 is 19.1 Å². The number of carbonyl (C=O) groups excluding carboxylic acids is 3. The molecule has 0 radical (unpaired) electrons. The number of hydrogen-bond acceptors (Lipinski definition) is 5. The van der Waals surface area contributed by atoms with Gasteiger partial charge in [0.2, 0.25) is 5.91 Å². The largest absolute Gasteiger partial charge is 0.450 e. The summed E-state index contributed by atoms with van der Waals surface area (Å²) in [7, 11) is 0. The predicted molar refractivity (Wildman–Crippen MR) is 70.1 cm³/mol. The summed E-state index contributed by atoms with van der Waals surface area (Å²) in [5.74, 6) is -0.190. The van der Waals surface area contributed by atoms with E-state index in [1.54, 1.807) is 11.8 Å². The molecule has 8 heteroatoms. The monoisotopic (exact) mass is 284 g/mol. The van der Waals surface area contributed by atoms with Crippen LogP contribution in [-0.2, 0) is 9.53 Å². The van der Waals surface area contributed by atoms with Gasteiger partial charge in [-0.25, -0.2) is 9.59 Å². The van der Waals surface area contributed by atoms with E-state index >= 15 is 0 Å². The molecule has 20 heavy (non-hydrogen) atoms. The van der Waals surface area contributed by atoms with E-state index in [2.05, 4.69) is 5.32 Å². The van der Waals surface area contributed by atoms with Crippen LogP contribution in [-0.4, -0.2) is 85.2 Å². The molecule has 0 bridgehead atoms. The molecule has 0 aliphatic carbocycles. The Morgan fingerprint density at radius 3 is 2.45 bits per heavy atom. The normalized spacial score (nSPS) is 19.9. The summed E-state index contributed by atoms with van der Waals surface area (Å²) in [4.78, 5) is 39.7. The van der Waals surface area contributed by atoms with E-state index in [4.69, 9.17) is 4.74 Å². The molecule has 0 aromatic rings. The van der Waals surface area contributed by atoms with E-state index in [9.17, 15) is 14.4 Å². The number of ether oxygens (including phenoxy) is 1. The number of hydrogen-bond donors (Lipinski definition) is 1. The van der Waals surface area contributed by atoms with Gasteiger partial charge in [-0.3, -0.25) is 14.6 Å². The molecule has 1 N–H and O–H groups in total. The highest BCUT2D eigenvalue weighted by Gasteiger charge is 2.29. The summed E-state index contributed by atoms with van der Waals surface area (Å²) in [5.41, 5.74) is 0. The number of amides is 4. The molecule has 0 aromatic carbocycles. The maximum absolute atomic E-state index is 12.0. The molecule has 8 nitrogen and oxygen atoms in total. The number of imide groups is 1. The van der Waals surface area contributed by atoms with E-state index in [0.717, 1.165) is 0 Å². The Hall–Kier alpha value is -1.83. The third-order valence-corrected chi connectivity index (χ3v) is 3.42. The highest BCUT2D eigenvalue weighted by Crippen LogP contribution is 2.06. The zero-order chi connectivity index (χ0) is 14.5. The van der Waals surface area contributed by atoms with E-state index in [-0.39, 0.29) is 24.6 Å². The first-order chi connectivity index (χ1) is 9.61. The fourth-order valence-electron chi connectivity index (χ4n) is 2.29. The van der Waals surface area contributed by atoms with Crippen LogP contribution in [0.15, 0.2) is 0 Å². The molecule has 0 aromatic heterocycles. The SMILES string of the molecule is CCOC(=O)N1CCN(CC(=O)N2CCNC2=O)CC1. The molecule has 2 saturated heterocycles. The standard InChI is InChI=1S/C12H20N4O4/c1-2-20-12(19)15-7-5-14(6-8-15)9-10(17)16-4-3-13-11(16)18/h2-9H2,1H3,(H,13,18). The molecule has 0 unspecified atom stereocenters. The highest BCUT2D eigenvalue weighted by atomic mass is 16.6. The Morgan fingerprint density at radius 2 is 1.90 bits per heavy atom. The maximum Gasteiger partial charge on any atom is 0.409 e. The Morgan fingerprint density at radius 1 is 1.20 bits per heavy atom. The molecular weight excluding hydrogens is 264 g/mol. The summed E-state index contributed by atoms with van der Waals surface area (Å²) in [5, 5.41) is 2.60. The number of carbonyl (C=O) groups is 3. The van der Waals surface area contributed by atoms with E-state index < -0.39 is 0 Å². The van der Waals surface area contributed by atoms with E-state index in [1.165, 1.54) is 4.90 Å². The quantitative estimate of drug-likeness (QED) is 0.742. The van der Waals surface area contributed by atoms with Gasteiger partial charge in [-0.05, 0) is 6.92 Å². The number of piperazine rings is 1. The second-order valence-electron chi connectivity index (χ2n) is 4.74. The van der Waals surface area contributed by atoms with E-state index in [0.29, 0.717) is 45.9 Å². The molecule has 0 atom stereocenters. The van der Waals surface area contributed by atoms with Crippen molar-refractivity contribution >= 4 is 18.0 Å². The van der Waals surface area contributed by atoms with Crippen LogP contribution < -0.4 is 5.32 Å². The molecule has 2 rings (SSSR count). The second-order valence-corrected chi connectivity index (χ2v) is 4.74. The first kappa shape index (κ1) is 14.6. The van der Waals surface area contributed by atoms with Gasteiger partial charge in [0.25, 0.3) is 0 Å². The van der Waals surface area contributed by atoms with Crippen molar-refractivity contribution in [2.24, 2.45) is 0 Å². The third-order valence-electron chi connectivity index (χ3n) is 3.42. The van der Waals surface area contributed by atoms with Gasteiger partial charge in [-0.15, -0.1) is 0 Å². The molecule has 2 aliphatic heterocycles. The van der Waals surface area contributed by atoms with E-state index in [1.807, 2.05) is 4.90 Å². The first-order valence-electron chi connectivity index (χ1n) is 6.84. The van der Waals surface area contributed by atoms with Gasteiger partial charge >= 0.3 is 12.1 Å². The summed E-state index contributed by atoms with van der Waals surface area (Å²) in [6, 6.07) is -0.319. The highest BCUT2D eigenvalue weighted by molar-refractivity contribution is 5.96. The van der Waals surface area contributed by atoms with Crippen molar-refractivity contribution in [2.45, 2.75) is 6.92 Å². The minimum absolute atomic E-state index is 0.190. The van der Waals surface area contributed by atoms with Crippen molar-refractivity contribution in [3.63, 3.8) is 0 Å². The zero-order valence-electron chi connectivity index (χ0n) is 11.6. The molecule has 0 saturated carbocycles. The van der Waals surface area contributed by atoms with Crippen molar-refractivity contribution in [3.8, 4) is 0 Å². The van der Waals surface area contributed by atoms with Crippen LogP contribution in [0.4, 0.5) is 9.59 Å². The fraction of sp³-hybridized carbons (Fsp3) is 0.750. The summed E-state index contributed by atoms with van der Waals surface area (Å²) < 4.78 is 4.93. The fourth-order valence-corrected chi connectivity index (χ4v) is 2.29. The average molecular weight is 284 g/mol. The Labute approximate surface area is 117 Å². The van der Waals surface area contributed by atoms with Gasteiger partial charge in [0, 0.05) is 39.3 Å². The average Bonchev–Trinajstić information content (AvgIpc) is 2.86. The van der Waals surface area contributed by atoms with Crippen molar-refractivity contribution in [1.82, 2.24) is 20.0 Å². The lowest BCUT2D eigenvalue weighted by molar-refractivity contribution is -0.129. The van der Waals surface area contributed by atoms with Crippen LogP contribution in [0.25, 0.3) is 0 Å². The summed E-state index contributed by atoms with van der Waals surface area (Å²) in [6.07, 6.45) is -0.308. The summed E-state index contributed by atoms with van der Waals surface area (Å²) >= 11 is 0. The van der Waals surface area contributed by atoms with Crippen LogP contribution >= 0.6 is 0 Å². The van der Waals surface area contributed by atoms with Gasteiger partial charge in [0.05, 0.1) is 13.2 Å². The lowest BCUT2D eigenvalue weighted by Gasteiger charge is -2.33. The molecule has 112 valence electrons. The summed E-state index contributed by atoms with van der Waals surface area (Å²) in [6.45, 7) is 5.60. The predicted octanol–water partition coefficient (Wildman–Crippen LogP) is -0.688. The topological polar surface area (TPSA) is 82.2 Å². The third kappa shape index (κ3) is 3.38. The molecule has 4 amide bonds. The minimum atomic E-state index is -0.319. The van der Waals surface area contributed by atoms with Gasteiger partial charge < -0.3 is 15.0 Å². The van der Waals surface area contributed by atoms with Crippen LogP contribution in [0, 0.1) is 0 Å². The maximum atomic E-state index is 12.0. The zero-order valence-corrected chi connectivity index (χ0v) is 11.6. The first-order valence-corrected chi connectivity index (χ1v) is 6.84. The number of urea groups is 1. The smallest absolute Gasteiger partial charge is 0.409 e.